The molecule has 0 spiro atoms. The van der Waals surface area contributed by atoms with Gasteiger partial charge in [-0.05, 0) is 21.5 Å². The SMILES string of the molecule is FC(F)(F)c1c(Br)cnn1Cc1ccccc1. The van der Waals surface area contributed by atoms with Gasteiger partial charge in [-0.15, -0.1) is 0 Å². The molecule has 0 unspecified atom stereocenters. The third kappa shape index (κ3) is 2.69. The van der Waals surface area contributed by atoms with Crippen LogP contribution in [0.15, 0.2) is 41.0 Å². The van der Waals surface area contributed by atoms with E-state index in [1.165, 1.54) is 0 Å². The summed E-state index contributed by atoms with van der Waals surface area (Å²) in [7, 11) is 0. The van der Waals surface area contributed by atoms with Crippen molar-refractivity contribution in [1.29, 1.82) is 0 Å². The lowest BCUT2D eigenvalue weighted by Crippen LogP contribution is -2.15. The van der Waals surface area contributed by atoms with Gasteiger partial charge in [0, 0.05) is 0 Å². The predicted octanol–water partition coefficient (Wildman–Crippen LogP) is 3.71. The Morgan fingerprint density at radius 3 is 2.41 bits per heavy atom. The van der Waals surface area contributed by atoms with Gasteiger partial charge in [-0.3, -0.25) is 4.68 Å². The highest BCUT2D eigenvalue weighted by molar-refractivity contribution is 9.10. The number of nitrogens with zero attached hydrogens (tertiary/aromatic N) is 2. The Morgan fingerprint density at radius 1 is 1.18 bits per heavy atom. The van der Waals surface area contributed by atoms with Gasteiger partial charge in [-0.2, -0.15) is 18.3 Å². The summed E-state index contributed by atoms with van der Waals surface area (Å²) in [6.45, 7) is 0.0985. The molecule has 90 valence electrons. The fourth-order valence-electron chi connectivity index (χ4n) is 1.52. The average Bonchev–Trinajstić information content (AvgIpc) is 2.60. The normalized spacial score (nSPS) is 11.8. The molecule has 0 amide bonds. The monoisotopic (exact) mass is 304 g/mol. The second-order valence-corrected chi connectivity index (χ2v) is 4.34. The topological polar surface area (TPSA) is 17.8 Å². The zero-order valence-electron chi connectivity index (χ0n) is 8.58. The van der Waals surface area contributed by atoms with E-state index in [2.05, 4.69) is 21.0 Å². The van der Waals surface area contributed by atoms with Crippen LogP contribution in [0.25, 0.3) is 0 Å². The van der Waals surface area contributed by atoms with Crippen molar-refractivity contribution in [3.63, 3.8) is 0 Å². The van der Waals surface area contributed by atoms with Crippen molar-refractivity contribution in [2.75, 3.05) is 0 Å². The Balaban J connectivity index is 2.35. The van der Waals surface area contributed by atoms with Crippen molar-refractivity contribution in [1.82, 2.24) is 9.78 Å². The summed E-state index contributed by atoms with van der Waals surface area (Å²) in [5, 5.41) is 3.73. The molecule has 0 radical (unpaired) electrons. The highest BCUT2D eigenvalue weighted by atomic mass is 79.9. The number of hydrogen-bond donors (Lipinski definition) is 0. The summed E-state index contributed by atoms with van der Waals surface area (Å²) in [5.41, 5.74) is 0.00922. The number of hydrogen-bond acceptors (Lipinski definition) is 1. The lowest BCUT2D eigenvalue weighted by Gasteiger charge is -2.11. The number of alkyl halides is 3. The smallest absolute Gasteiger partial charge is 0.255 e. The van der Waals surface area contributed by atoms with Crippen LogP contribution >= 0.6 is 15.9 Å². The number of rotatable bonds is 2. The Morgan fingerprint density at radius 2 is 1.82 bits per heavy atom. The second-order valence-electron chi connectivity index (χ2n) is 3.48. The lowest BCUT2D eigenvalue weighted by molar-refractivity contribution is -0.144. The van der Waals surface area contributed by atoms with Gasteiger partial charge in [0.2, 0.25) is 0 Å². The standard InChI is InChI=1S/C11H8BrF3N2/c12-9-6-16-17(10(9)11(13,14)15)7-8-4-2-1-3-5-8/h1-6H,7H2. The predicted molar refractivity (Wildman–Crippen MR) is 60.5 cm³/mol. The molecule has 17 heavy (non-hydrogen) atoms. The molecule has 0 bridgehead atoms. The number of aromatic nitrogens is 2. The Labute approximate surface area is 104 Å². The first-order valence-corrected chi connectivity index (χ1v) is 5.60. The van der Waals surface area contributed by atoms with E-state index in [9.17, 15) is 13.2 Å². The Hall–Kier alpha value is -1.30. The molecular weight excluding hydrogens is 297 g/mol. The molecule has 0 aliphatic heterocycles. The molecule has 2 aromatic rings. The molecule has 2 rings (SSSR count). The molecule has 0 N–H and O–H groups in total. The van der Waals surface area contributed by atoms with Gasteiger partial charge in [0.15, 0.2) is 5.69 Å². The molecule has 0 saturated carbocycles. The zero-order chi connectivity index (χ0) is 12.5. The first kappa shape index (κ1) is 12.2. The van der Waals surface area contributed by atoms with E-state index in [1.807, 2.05) is 6.07 Å². The Kier molecular flexibility index (Phi) is 3.24. The zero-order valence-corrected chi connectivity index (χ0v) is 10.2. The van der Waals surface area contributed by atoms with Crippen molar-refractivity contribution in [3.05, 3.63) is 52.3 Å². The van der Waals surface area contributed by atoms with Crippen LogP contribution in [0.3, 0.4) is 0 Å². The molecule has 0 aliphatic rings. The van der Waals surface area contributed by atoms with Crippen LogP contribution in [0.1, 0.15) is 11.3 Å². The maximum absolute atomic E-state index is 12.8. The summed E-state index contributed by atoms with van der Waals surface area (Å²) in [6, 6.07) is 8.89. The van der Waals surface area contributed by atoms with Gasteiger partial charge in [0.05, 0.1) is 17.2 Å². The Bertz CT molecular complexity index is 505. The molecule has 1 aromatic heterocycles. The van der Waals surface area contributed by atoms with Crippen molar-refractivity contribution in [2.45, 2.75) is 12.7 Å². The van der Waals surface area contributed by atoms with Crippen LogP contribution in [0.5, 0.6) is 0 Å². The largest absolute Gasteiger partial charge is 0.434 e. The molecule has 1 aromatic carbocycles. The molecule has 0 fully saturated rings. The fraction of sp³-hybridized carbons (Fsp3) is 0.182. The van der Waals surface area contributed by atoms with Crippen LogP contribution in [0.2, 0.25) is 0 Å². The molecule has 0 atom stereocenters. The first-order chi connectivity index (χ1) is 7.98. The highest BCUT2D eigenvalue weighted by Gasteiger charge is 2.37. The van der Waals surface area contributed by atoms with Gasteiger partial charge >= 0.3 is 6.18 Å². The van der Waals surface area contributed by atoms with Crippen molar-refractivity contribution in [3.8, 4) is 0 Å². The summed E-state index contributed by atoms with van der Waals surface area (Å²) < 4.78 is 39.2. The fourth-order valence-corrected chi connectivity index (χ4v) is 2.04. The van der Waals surface area contributed by atoms with E-state index in [0.717, 1.165) is 16.4 Å². The molecule has 0 aliphatic carbocycles. The van der Waals surface area contributed by atoms with E-state index in [-0.39, 0.29) is 11.0 Å². The van der Waals surface area contributed by atoms with Crippen molar-refractivity contribution in [2.24, 2.45) is 0 Å². The second kappa shape index (κ2) is 4.52. The summed E-state index contributed by atoms with van der Waals surface area (Å²) in [4.78, 5) is 0. The minimum atomic E-state index is -4.41. The number of halogens is 4. The minimum absolute atomic E-state index is 0.0408. The van der Waals surface area contributed by atoms with Gasteiger partial charge < -0.3 is 0 Å². The lowest BCUT2D eigenvalue weighted by atomic mass is 10.2. The van der Waals surface area contributed by atoms with Crippen molar-refractivity contribution >= 4 is 15.9 Å². The summed E-state index contributed by atoms with van der Waals surface area (Å²) in [5.74, 6) is 0. The summed E-state index contributed by atoms with van der Waals surface area (Å²) in [6.07, 6.45) is -3.25. The molecular formula is C11H8BrF3N2. The third-order valence-electron chi connectivity index (χ3n) is 2.24. The van der Waals surface area contributed by atoms with Crippen LogP contribution in [0, 0.1) is 0 Å². The molecule has 0 saturated heterocycles. The van der Waals surface area contributed by atoms with Crippen LogP contribution in [0.4, 0.5) is 13.2 Å². The maximum atomic E-state index is 12.8. The number of benzene rings is 1. The quantitative estimate of drug-likeness (QED) is 0.827. The van der Waals surface area contributed by atoms with E-state index in [1.54, 1.807) is 24.3 Å². The molecule has 6 heteroatoms. The van der Waals surface area contributed by atoms with E-state index >= 15 is 0 Å². The average molecular weight is 305 g/mol. The first-order valence-electron chi connectivity index (χ1n) is 4.81. The van der Waals surface area contributed by atoms with Crippen LogP contribution in [-0.2, 0) is 12.7 Å². The van der Waals surface area contributed by atoms with Gasteiger partial charge in [-0.1, -0.05) is 30.3 Å². The van der Waals surface area contributed by atoms with Gasteiger partial charge in [0.1, 0.15) is 0 Å². The van der Waals surface area contributed by atoms with E-state index < -0.39 is 11.9 Å². The third-order valence-corrected chi connectivity index (χ3v) is 2.82. The highest BCUT2D eigenvalue weighted by Crippen LogP contribution is 2.34. The van der Waals surface area contributed by atoms with Crippen molar-refractivity contribution < 1.29 is 13.2 Å². The van der Waals surface area contributed by atoms with Crippen LogP contribution < -0.4 is 0 Å². The van der Waals surface area contributed by atoms with Crippen LogP contribution in [-0.4, -0.2) is 9.78 Å². The van der Waals surface area contributed by atoms with E-state index in [4.69, 9.17) is 0 Å². The molecule has 1 heterocycles. The van der Waals surface area contributed by atoms with Gasteiger partial charge in [0.25, 0.3) is 0 Å². The molecule has 2 nitrogen and oxygen atoms in total. The summed E-state index contributed by atoms with van der Waals surface area (Å²) >= 11 is 2.86. The maximum Gasteiger partial charge on any atom is 0.434 e. The van der Waals surface area contributed by atoms with Gasteiger partial charge in [-0.25, -0.2) is 0 Å². The van der Waals surface area contributed by atoms with E-state index in [0.29, 0.717) is 0 Å². The minimum Gasteiger partial charge on any atom is -0.255 e.